The highest BCUT2D eigenvalue weighted by Gasteiger charge is 2.24. The van der Waals surface area contributed by atoms with Gasteiger partial charge in [0.1, 0.15) is 0 Å². The van der Waals surface area contributed by atoms with E-state index in [2.05, 4.69) is 33.0 Å². The summed E-state index contributed by atoms with van der Waals surface area (Å²) in [6, 6.07) is 0.598. The van der Waals surface area contributed by atoms with E-state index in [9.17, 15) is 4.79 Å². The molecule has 0 bridgehead atoms. The third kappa shape index (κ3) is 5.38. The summed E-state index contributed by atoms with van der Waals surface area (Å²) in [4.78, 5) is 14.2. The Bertz CT molecular complexity index is 262. The number of hydrogen-bond acceptors (Lipinski definition) is 2. The summed E-state index contributed by atoms with van der Waals surface area (Å²) in [5, 5.41) is 3.30. The highest BCUT2D eigenvalue weighted by Crippen LogP contribution is 2.26. The predicted molar refractivity (Wildman–Crippen MR) is 76.5 cm³/mol. The van der Waals surface area contributed by atoms with Crippen molar-refractivity contribution >= 4 is 5.91 Å². The van der Waals surface area contributed by atoms with Crippen molar-refractivity contribution in [1.29, 1.82) is 0 Å². The van der Waals surface area contributed by atoms with Gasteiger partial charge in [0.2, 0.25) is 5.91 Å². The molecule has 3 nitrogen and oxygen atoms in total. The minimum atomic E-state index is 0.318. The number of nitrogens with one attached hydrogen (secondary N) is 1. The lowest BCUT2D eigenvalue weighted by Gasteiger charge is -2.33. The topological polar surface area (TPSA) is 32.3 Å². The van der Waals surface area contributed by atoms with Gasteiger partial charge < -0.3 is 10.2 Å². The first-order valence-electron chi connectivity index (χ1n) is 7.27. The molecule has 0 aromatic heterocycles. The molecule has 18 heavy (non-hydrogen) atoms. The molecule has 0 aromatic carbocycles. The molecule has 1 fully saturated rings. The van der Waals surface area contributed by atoms with Crippen molar-refractivity contribution in [2.75, 3.05) is 20.1 Å². The minimum Gasteiger partial charge on any atom is -0.343 e. The molecule has 1 aliphatic rings. The van der Waals surface area contributed by atoms with Gasteiger partial charge in [-0.25, -0.2) is 0 Å². The van der Waals surface area contributed by atoms with Gasteiger partial charge in [0.15, 0.2) is 0 Å². The van der Waals surface area contributed by atoms with Gasteiger partial charge in [0.25, 0.3) is 0 Å². The van der Waals surface area contributed by atoms with E-state index in [1.807, 2.05) is 11.9 Å². The van der Waals surface area contributed by atoms with Crippen molar-refractivity contribution in [2.24, 2.45) is 11.3 Å². The van der Waals surface area contributed by atoms with Crippen LogP contribution in [0, 0.1) is 11.3 Å². The average molecular weight is 254 g/mol. The number of rotatable bonds is 4. The molecule has 0 spiro atoms. The molecule has 0 radical (unpaired) electrons. The fourth-order valence-electron chi connectivity index (χ4n) is 2.96. The van der Waals surface area contributed by atoms with E-state index in [4.69, 9.17) is 0 Å². The monoisotopic (exact) mass is 254 g/mol. The Hall–Kier alpha value is -0.570. The summed E-state index contributed by atoms with van der Waals surface area (Å²) in [7, 11) is 2.01. The summed E-state index contributed by atoms with van der Waals surface area (Å²) in [6.07, 6.45) is 4.01. The van der Waals surface area contributed by atoms with E-state index < -0.39 is 0 Å². The number of carbonyl (C=O) groups excluding carboxylic acids is 1. The van der Waals surface area contributed by atoms with Crippen LogP contribution in [0.4, 0.5) is 0 Å². The first kappa shape index (κ1) is 15.5. The fraction of sp³-hybridized carbons (Fsp3) is 0.933. The molecule has 1 rings (SSSR count). The van der Waals surface area contributed by atoms with Crippen molar-refractivity contribution in [3.8, 4) is 0 Å². The minimum absolute atomic E-state index is 0.318. The zero-order valence-corrected chi connectivity index (χ0v) is 12.8. The Morgan fingerprint density at radius 2 is 1.89 bits per heavy atom. The van der Waals surface area contributed by atoms with E-state index in [1.54, 1.807) is 0 Å². The normalized spacial score (nSPS) is 19.9. The maximum Gasteiger partial charge on any atom is 0.222 e. The van der Waals surface area contributed by atoms with Crippen molar-refractivity contribution in [1.82, 2.24) is 10.2 Å². The number of carbonyl (C=O) groups is 1. The van der Waals surface area contributed by atoms with Crippen LogP contribution in [-0.4, -0.2) is 37.0 Å². The highest BCUT2D eigenvalue weighted by atomic mass is 16.2. The van der Waals surface area contributed by atoms with Crippen molar-refractivity contribution < 1.29 is 4.79 Å². The molecule has 1 heterocycles. The van der Waals surface area contributed by atoms with Gasteiger partial charge in [-0.05, 0) is 37.6 Å². The summed E-state index contributed by atoms with van der Waals surface area (Å²) < 4.78 is 0. The number of hydrogen-bond donors (Lipinski definition) is 1. The second-order valence-electron chi connectivity index (χ2n) is 7.02. The molecule has 0 aliphatic carbocycles. The Morgan fingerprint density at radius 3 is 2.33 bits per heavy atom. The van der Waals surface area contributed by atoms with Crippen LogP contribution in [0.25, 0.3) is 0 Å². The Labute approximate surface area is 112 Å². The smallest absolute Gasteiger partial charge is 0.222 e. The molecule has 1 amide bonds. The lowest BCUT2D eigenvalue weighted by molar-refractivity contribution is -0.133. The molecule has 1 atom stereocenters. The van der Waals surface area contributed by atoms with Crippen molar-refractivity contribution in [3.05, 3.63) is 0 Å². The second kappa shape index (κ2) is 6.55. The number of amides is 1. The van der Waals surface area contributed by atoms with Gasteiger partial charge in [0.05, 0.1) is 0 Å². The highest BCUT2D eigenvalue weighted by molar-refractivity contribution is 5.76. The molecule has 0 aromatic rings. The zero-order chi connectivity index (χ0) is 13.8. The van der Waals surface area contributed by atoms with E-state index in [-0.39, 0.29) is 0 Å². The standard InChI is InChI=1S/C15H30N2O/c1-12(11-15(2,3)4)10-14(18)17-8-6-13(16-5)7-9-17/h12-13,16H,6-11H2,1-5H3. The molecular weight excluding hydrogens is 224 g/mol. The quantitative estimate of drug-likeness (QED) is 0.836. The molecule has 3 heteroatoms. The summed E-state index contributed by atoms with van der Waals surface area (Å²) in [5.74, 6) is 0.834. The van der Waals surface area contributed by atoms with Gasteiger partial charge in [0, 0.05) is 25.6 Å². The molecular formula is C15H30N2O. The maximum absolute atomic E-state index is 12.2. The van der Waals surface area contributed by atoms with E-state index in [0.717, 1.165) is 32.4 Å². The third-order valence-corrected chi connectivity index (χ3v) is 3.74. The summed E-state index contributed by atoms with van der Waals surface area (Å²) >= 11 is 0. The summed E-state index contributed by atoms with van der Waals surface area (Å²) in [6.45, 7) is 10.8. The van der Waals surface area contributed by atoms with Crippen LogP contribution in [-0.2, 0) is 4.79 Å². The Morgan fingerprint density at radius 1 is 1.33 bits per heavy atom. The second-order valence-corrected chi connectivity index (χ2v) is 7.02. The van der Waals surface area contributed by atoms with E-state index in [1.165, 1.54) is 0 Å². The average Bonchev–Trinajstić information content (AvgIpc) is 2.26. The van der Waals surface area contributed by atoms with Crippen molar-refractivity contribution in [2.45, 2.75) is 59.4 Å². The lowest BCUT2D eigenvalue weighted by Crippen LogP contribution is -2.44. The van der Waals surface area contributed by atoms with Crippen LogP contribution in [0.1, 0.15) is 53.4 Å². The van der Waals surface area contributed by atoms with Gasteiger partial charge in [-0.3, -0.25) is 4.79 Å². The molecule has 0 saturated carbocycles. The summed E-state index contributed by atoms with van der Waals surface area (Å²) in [5.41, 5.74) is 0.318. The molecule has 106 valence electrons. The number of nitrogens with zero attached hydrogens (tertiary/aromatic N) is 1. The number of piperidine rings is 1. The van der Waals surface area contributed by atoms with Crippen LogP contribution >= 0.6 is 0 Å². The maximum atomic E-state index is 12.2. The van der Waals surface area contributed by atoms with Crippen LogP contribution in [0.3, 0.4) is 0 Å². The fourth-order valence-corrected chi connectivity index (χ4v) is 2.96. The van der Waals surface area contributed by atoms with Gasteiger partial charge in [-0.15, -0.1) is 0 Å². The molecule has 1 saturated heterocycles. The van der Waals surface area contributed by atoms with Gasteiger partial charge in [-0.2, -0.15) is 0 Å². The van der Waals surface area contributed by atoms with Crippen LogP contribution in [0.15, 0.2) is 0 Å². The first-order chi connectivity index (χ1) is 8.31. The third-order valence-electron chi connectivity index (χ3n) is 3.74. The Kier molecular flexibility index (Phi) is 5.64. The molecule has 1 aliphatic heterocycles. The largest absolute Gasteiger partial charge is 0.343 e. The van der Waals surface area contributed by atoms with E-state index in [0.29, 0.717) is 29.7 Å². The van der Waals surface area contributed by atoms with E-state index >= 15 is 0 Å². The zero-order valence-electron chi connectivity index (χ0n) is 12.8. The van der Waals surface area contributed by atoms with Gasteiger partial charge in [-0.1, -0.05) is 27.7 Å². The van der Waals surface area contributed by atoms with Crippen LogP contribution in [0.2, 0.25) is 0 Å². The SMILES string of the molecule is CNC1CCN(C(=O)CC(C)CC(C)(C)C)CC1. The predicted octanol–water partition coefficient (Wildman–Crippen LogP) is 2.66. The Balaban J connectivity index is 2.33. The van der Waals surface area contributed by atoms with Crippen molar-refractivity contribution in [3.63, 3.8) is 0 Å². The lowest BCUT2D eigenvalue weighted by atomic mass is 9.84. The van der Waals surface area contributed by atoms with Crippen LogP contribution in [0.5, 0.6) is 0 Å². The van der Waals surface area contributed by atoms with Crippen LogP contribution < -0.4 is 5.32 Å². The number of likely N-dealkylation sites (tertiary alicyclic amines) is 1. The van der Waals surface area contributed by atoms with Gasteiger partial charge >= 0.3 is 0 Å². The molecule has 1 N–H and O–H groups in total. The first-order valence-corrected chi connectivity index (χ1v) is 7.27. The molecule has 1 unspecified atom stereocenters.